The normalized spacial score (nSPS) is 17.5. The Kier molecular flexibility index (Phi) is 5.90. The molecule has 1 aromatic carbocycles. The van der Waals surface area contributed by atoms with Crippen LogP contribution in [0.15, 0.2) is 58.4 Å². The van der Waals surface area contributed by atoms with Gasteiger partial charge in [0.05, 0.1) is 25.9 Å². The van der Waals surface area contributed by atoms with Gasteiger partial charge in [-0.05, 0) is 19.1 Å². The molecule has 8 nitrogen and oxygen atoms in total. The number of benzene rings is 1. The van der Waals surface area contributed by atoms with Crippen LogP contribution in [0.1, 0.15) is 24.3 Å². The highest BCUT2D eigenvalue weighted by Crippen LogP contribution is 2.22. The molecule has 1 aliphatic rings. The number of hydrogen-bond donors (Lipinski definition) is 1. The van der Waals surface area contributed by atoms with Crippen LogP contribution < -0.4 is 5.32 Å². The van der Waals surface area contributed by atoms with Crippen LogP contribution in [0.25, 0.3) is 11.5 Å². The number of nitrogens with zero attached hydrogens (tertiary/aromatic N) is 5. The summed E-state index contributed by atoms with van der Waals surface area (Å²) in [6.45, 7) is 5.47. The summed E-state index contributed by atoms with van der Waals surface area (Å²) in [5.41, 5.74) is 2.84. The third kappa shape index (κ3) is 4.65. The van der Waals surface area contributed by atoms with Crippen LogP contribution in [0.5, 0.6) is 0 Å². The summed E-state index contributed by atoms with van der Waals surface area (Å²) in [6.07, 6.45) is 5.52. The highest BCUT2D eigenvalue weighted by atomic mass is 16.5. The SMILES string of the molecule is CCNC(=NCc1coc(-c2ccccc2)n1)N1CCOC(c2cnn(C)c2)C1. The molecule has 0 spiro atoms. The number of rotatable bonds is 5. The summed E-state index contributed by atoms with van der Waals surface area (Å²) < 4.78 is 13.4. The zero-order valence-corrected chi connectivity index (χ0v) is 16.8. The van der Waals surface area contributed by atoms with Crippen LogP contribution in [-0.4, -0.2) is 51.9 Å². The van der Waals surface area contributed by atoms with Crippen LogP contribution in [0.2, 0.25) is 0 Å². The molecule has 0 bridgehead atoms. The molecule has 1 aliphatic heterocycles. The van der Waals surface area contributed by atoms with Crippen molar-refractivity contribution in [2.45, 2.75) is 19.6 Å². The minimum absolute atomic E-state index is 0.0157. The van der Waals surface area contributed by atoms with Crippen molar-refractivity contribution in [2.75, 3.05) is 26.2 Å². The quantitative estimate of drug-likeness (QED) is 0.529. The van der Waals surface area contributed by atoms with Gasteiger partial charge in [0.2, 0.25) is 5.89 Å². The Morgan fingerprint density at radius 1 is 1.31 bits per heavy atom. The zero-order chi connectivity index (χ0) is 20.1. The number of morpholine rings is 1. The molecule has 0 radical (unpaired) electrons. The first-order chi connectivity index (χ1) is 14.2. The van der Waals surface area contributed by atoms with Gasteiger partial charge in [-0.3, -0.25) is 4.68 Å². The van der Waals surface area contributed by atoms with Crippen molar-refractivity contribution in [2.24, 2.45) is 12.0 Å². The highest BCUT2D eigenvalue weighted by molar-refractivity contribution is 5.80. The fraction of sp³-hybridized carbons (Fsp3) is 0.381. The first-order valence-electron chi connectivity index (χ1n) is 9.86. The molecule has 3 aromatic rings. The Morgan fingerprint density at radius 3 is 2.93 bits per heavy atom. The van der Waals surface area contributed by atoms with Gasteiger partial charge in [0.1, 0.15) is 18.1 Å². The summed E-state index contributed by atoms with van der Waals surface area (Å²) >= 11 is 0. The van der Waals surface area contributed by atoms with Crippen molar-refractivity contribution in [3.05, 3.63) is 60.2 Å². The Labute approximate surface area is 170 Å². The second-order valence-corrected chi connectivity index (χ2v) is 6.93. The predicted octanol–water partition coefficient (Wildman–Crippen LogP) is 2.61. The molecule has 0 saturated carbocycles. The van der Waals surface area contributed by atoms with Gasteiger partial charge in [-0.1, -0.05) is 18.2 Å². The number of hydrogen-bond acceptors (Lipinski definition) is 5. The maximum atomic E-state index is 5.95. The smallest absolute Gasteiger partial charge is 0.226 e. The van der Waals surface area contributed by atoms with E-state index in [-0.39, 0.29) is 6.10 Å². The number of nitrogens with one attached hydrogen (secondary N) is 1. The summed E-state index contributed by atoms with van der Waals surface area (Å²) in [5, 5.41) is 7.63. The lowest BCUT2D eigenvalue weighted by Gasteiger charge is -2.34. The van der Waals surface area contributed by atoms with E-state index in [1.165, 1.54) is 0 Å². The molecular weight excluding hydrogens is 368 g/mol. The number of aryl methyl sites for hydroxylation is 1. The van der Waals surface area contributed by atoms with Crippen molar-refractivity contribution in [3.8, 4) is 11.5 Å². The molecule has 152 valence electrons. The van der Waals surface area contributed by atoms with Gasteiger partial charge in [0.25, 0.3) is 0 Å². The van der Waals surface area contributed by atoms with Gasteiger partial charge in [-0.2, -0.15) is 5.10 Å². The maximum absolute atomic E-state index is 5.95. The van der Waals surface area contributed by atoms with E-state index < -0.39 is 0 Å². The number of aromatic nitrogens is 3. The lowest BCUT2D eigenvalue weighted by molar-refractivity contribution is -0.00805. The average Bonchev–Trinajstić information content (AvgIpc) is 3.41. The molecule has 1 unspecified atom stereocenters. The van der Waals surface area contributed by atoms with E-state index in [4.69, 9.17) is 14.1 Å². The second-order valence-electron chi connectivity index (χ2n) is 6.93. The topological polar surface area (TPSA) is 80.7 Å². The monoisotopic (exact) mass is 394 g/mol. The first kappa shape index (κ1) is 19.2. The predicted molar refractivity (Wildman–Crippen MR) is 110 cm³/mol. The van der Waals surface area contributed by atoms with Crippen LogP contribution in [0, 0.1) is 0 Å². The van der Waals surface area contributed by atoms with Gasteiger partial charge in [-0.15, -0.1) is 0 Å². The minimum Gasteiger partial charge on any atom is -0.444 e. The van der Waals surface area contributed by atoms with E-state index in [9.17, 15) is 0 Å². The lowest BCUT2D eigenvalue weighted by atomic mass is 10.1. The number of aliphatic imine (C=N–C) groups is 1. The molecule has 0 aliphatic carbocycles. The summed E-state index contributed by atoms with van der Waals surface area (Å²) in [5.74, 6) is 1.47. The average molecular weight is 394 g/mol. The van der Waals surface area contributed by atoms with Crippen molar-refractivity contribution in [1.29, 1.82) is 0 Å². The summed E-state index contributed by atoms with van der Waals surface area (Å²) in [4.78, 5) is 11.6. The molecular formula is C21H26N6O2. The number of ether oxygens (including phenoxy) is 1. The molecule has 1 N–H and O–H groups in total. The van der Waals surface area contributed by atoms with Gasteiger partial charge < -0.3 is 19.4 Å². The van der Waals surface area contributed by atoms with Crippen molar-refractivity contribution in [3.63, 3.8) is 0 Å². The van der Waals surface area contributed by atoms with Crippen LogP contribution in [0.3, 0.4) is 0 Å². The van der Waals surface area contributed by atoms with Crippen LogP contribution in [0.4, 0.5) is 0 Å². The summed E-state index contributed by atoms with van der Waals surface area (Å²) in [6, 6.07) is 9.88. The molecule has 2 aromatic heterocycles. The van der Waals surface area contributed by atoms with E-state index in [0.717, 1.165) is 42.4 Å². The largest absolute Gasteiger partial charge is 0.444 e. The van der Waals surface area contributed by atoms with Crippen molar-refractivity contribution in [1.82, 2.24) is 25.0 Å². The minimum atomic E-state index is -0.0157. The standard InChI is InChI=1S/C21H26N6O2/c1-3-22-21(27-9-10-28-19(14-27)17-11-24-26(2)13-17)23-12-18-15-29-20(25-18)16-7-5-4-6-8-16/h4-8,11,13,15,19H,3,9-10,12,14H2,1-2H3,(H,22,23). The fourth-order valence-electron chi connectivity index (χ4n) is 3.32. The number of guanidine groups is 1. The fourth-order valence-corrected chi connectivity index (χ4v) is 3.32. The maximum Gasteiger partial charge on any atom is 0.226 e. The molecule has 3 heterocycles. The third-order valence-electron chi connectivity index (χ3n) is 4.76. The number of oxazole rings is 1. The Hall–Kier alpha value is -3.13. The van der Waals surface area contributed by atoms with Crippen LogP contribution in [-0.2, 0) is 18.3 Å². The van der Waals surface area contributed by atoms with Gasteiger partial charge in [0.15, 0.2) is 5.96 Å². The van der Waals surface area contributed by atoms with E-state index in [0.29, 0.717) is 19.0 Å². The molecule has 4 rings (SSSR count). The van der Waals surface area contributed by atoms with Gasteiger partial charge in [0, 0.05) is 37.5 Å². The lowest BCUT2D eigenvalue weighted by Crippen LogP contribution is -2.48. The van der Waals surface area contributed by atoms with Gasteiger partial charge in [-0.25, -0.2) is 9.98 Å². The Balaban J connectivity index is 1.45. The Morgan fingerprint density at radius 2 is 2.17 bits per heavy atom. The molecule has 1 fully saturated rings. The van der Waals surface area contributed by atoms with Gasteiger partial charge >= 0.3 is 0 Å². The van der Waals surface area contributed by atoms with E-state index in [2.05, 4.69) is 27.2 Å². The van der Waals surface area contributed by atoms with Crippen molar-refractivity contribution < 1.29 is 9.15 Å². The first-order valence-corrected chi connectivity index (χ1v) is 9.86. The molecule has 0 amide bonds. The van der Waals surface area contributed by atoms with Crippen LogP contribution >= 0.6 is 0 Å². The Bertz CT molecular complexity index is 949. The van der Waals surface area contributed by atoms with Crippen molar-refractivity contribution >= 4 is 5.96 Å². The van der Waals surface area contributed by atoms with E-state index >= 15 is 0 Å². The molecule has 1 saturated heterocycles. The highest BCUT2D eigenvalue weighted by Gasteiger charge is 2.25. The molecule has 29 heavy (non-hydrogen) atoms. The molecule has 1 atom stereocenters. The van der Waals surface area contributed by atoms with E-state index in [1.807, 2.05) is 49.8 Å². The molecule has 8 heteroatoms. The zero-order valence-electron chi connectivity index (χ0n) is 16.8. The van der Waals surface area contributed by atoms with E-state index in [1.54, 1.807) is 10.9 Å². The summed E-state index contributed by atoms with van der Waals surface area (Å²) in [7, 11) is 1.91. The second kappa shape index (κ2) is 8.91. The third-order valence-corrected chi connectivity index (χ3v) is 4.76.